The van der Waals surface area contributed by atoms with Crippen molar-refractivity contribution in [3.63, 3.8) is 0 Å². The Hall–Kier alpha value is -3.13. The molecule has 0 saturated heterocycles. The summed E-state index contributed by atoms with van der Waals surface area (Å²) < 4.78 is 1.54. The molecule has 0 aliphatic rings. The van der Waals surface area contributed by atoms with Gasteiger partial charge in [0.15, 0.2) is 0 Å². The van der Waals surface area contributed by atoms with Crippen molar-refractivity contribution in [1.82, 2.24) is 25.3 Å². The number of rotatable bonds is 5. The number of hydrogen-bond donors (Lipinski definition) is 3. The summed E-state index contributed by atoms with van der Waals surface area (Å²) in [5.74, 6) is -0.511. The Kier molecular flexibility index (Phi) is 5.04. The smallest absolute Gasteiger partial charge is 0.260 e. The summed E-state index contributed by atoms with van der Waals surface area (Å²) >= 11 is 5.97. The molecule has 0 unspecified atom stereocenters. The Labute approximate surface area is 154 Å². The van der Waals surface area contributed by atoms with Gasteiger partial charge in [-0.3, -0.25) is 14.7 Å². The third-order valence-electron chi connectivity index (χ3n) is 3.46. The molecule has 9 heteroatoms. The first kappa shape index (κ1) is 17.7. The molecule has 8 nitrogen and oxygen atoms in total. The number of halogens is 1. The zero-order valence-corrected chi connectivity index (χ0v) is 14.9. The Morgan fingerprint density at radius 2 is 2.04 bits per heavy atom. The highest BCUT2D eigenvalue weighted by Crippen LogP contribution is 2.16. The molecule has 0 aliphatic heterocycles. The van der Waals surface area contributed by atoms with Gasteiger partial charge in [-0.2, -0.15) is 10.2 Å². The highest BCUT2D eigenvalue weighted by Gasteiger charge is 2.18. The lowest BCUT2D eigenvalue weighted by atomic mass is 10.2. The lowest BCUT2D eigenvalue weighted by Gasteiger charge is -2.08. The molecule has 2 heterocycles. The molecule has 3 aromatic rings. The molecule has 0 saturated carbocycles. The molecule has 134 valence electrons. The second kappa shape index (κ2) is 7.40. The van der Waals surface area contributed by atoms with Crippen LogP contribution in [-0.4, -0.2) is 37.8 Å². The third kappa shape index (κ3) is 3.92. The van der Waals surface area contributed by atoms with Gasteiger partial charge in [-0.25, -0.2) is 4.68 Å². The van der Waals surface area contributed by atoms with Crippen molar-refractivity contribution >= 4 is 29.2 Å². The van der Waals surface area contributed by atoms with Crippen LogP contribution < -0.4 is 10.6 Å². The van der Waals surface area contributed by atoms with Crippen LogP contribution in [0.3, 0.4) is 0 Å². The molecule has 0 radical (unpaired) electrons. The van der Waals surface area contributed by atoms with Crippen molar-refractivity contribution in [2.45, 2.75) is 19.9 Å². The Balaban J connectivity index is 1.76. The van der Waals surface area contributed by atoms with Gasteiger partial charge >= 0.3 is 0 Å². The Morgan fingerprint density at radius 1 is 1.23 bits per heavy atom. The minimum atomic E-state index is -0.416. The molecule has 0 bridgehead atoms. The first-order valence-electron chi connectivity index (χ1n) is 7.90. The van der Waals surface area contributed by atoms with Gasteiger partial charge in [-0.05, 0) is 32.0 Å². The molecule has 0 fully saturated rings. The van der Waals surface area contributed by atoms with E-state index in [4.69, 9.17) is 11.6 Å². The maximum absolute atomic E-state index is 12.5. The summed E-state index contributed by atoms with van der Waals surface area (Å²) in [6.45, 7) is 3.70. The molecule has 0 atom stereocenters. The average Bonchev–Trinajstić information content (AvgIpc) is 3.23. The minimum absolute atomic E-state index is 0.0307. The van der Waals surface area contributed by atoms with Crippen LogP contribution in [0.2, 0.25) is 5.02 Å². The van der Waals surface area contributed by atoms with Crippen molar-refractivity contribution in [3.05, 3.63) is 59.0 Å². The number of nitrogens with zero attached hydrogens (tertiary/aromatic N) is 3. The molecular formula is C17H17ClN6O2. The number of hydrogen-bond acceptors (Lipinski definition) is 4. The zero-order valence-electron chi connectivity index (χ0n) is 14.2. The SMILES string of the molecule is CC(C)NC(=O)c1cn[nH]c1NC(=O)c1cnn(-c2cccc(Cl)c2)c1. The zero-order chi connectivity index (χ0) is 18.7. The van der Waals surface area contributed by atoms with Crippen molar-refractivity contribution in [1.29, 1.82) is 0 Å². The van der Waals surface area contributed by atoms with Gasteiger partial charge in [0.1, 0.15) is 11.4 Å². The number of aromatic amines is 1. The van der Waals surface area contributed by atoms with Gasteiger partial charge in [0, 0.05) is 17.3 Å². The molecule has 3 rings (SSSR count). The lowest BCUT2D eigenvalue weighted by Crippen LogP contribution is -2.30. The van der Waals surface area contributed by atoms with Crippen LogP contribution in [0, 0.1) is 0 Å². The van der Waals surface area contributed by atoms with E-state index >= 15 is 0 Å². The summed E-state index contributed by atoms with van der Waals surface area (Å²) in [4.78, 5) is 24.6. The molecule has 0 spiro atoms. The van der Waals surface area contributed by atoms with Crippen LogP contribution in [0.5, 0.6) is 0 Å². The predicted octanol–water partition coefficient (Wildman–Crippen LogP) is 2.64. The Morgan fingerprint density at radius 3 is 2.77 bits per heavy atom. The molecule has 0 aliphatic carbocycles. The number of nitrogens with one attached hydrogen (secondary N) is 3. The van der Waals surface area contributed by atoms with Crippen LogP contribution >= 0.6 is 11.6 Å². The predicted molar refractivity (Wildman–Crippen MR) is 97.7 cm³/mol. The number of amides is 2. The first-order valence-corrected chi connectivity index (χ1v) is 8.28. The number of benzene rings is 1. The maximum Gasteiger partial charge on any atom is 0.260 e. The molecule has 3 N–H and O–H groups in total. The van der Waals surface area contributed by atoms with E-state index in [1.165, 1.54) is 12.4 Å². The molecule has 2 aromatic heterocycles. The summed E-state index contributed by atoms with van der Waals surface area (Å²) in [5.41, 5.74) is 1.32. The van der Waals surface area contributed by atoms with Crippen LogP contribution in [0.25, 0.3) is 5.69 Å². The second-order valence-corrected chi connectivity index (χ2v) is 6.33. The highest BCUT2D eigenvalue weighted by atomic mass is 35.5. The third-order valence-corrected chi connectivity index (χ3v) is 3.69. The topological polar surface area (TPSA) is 105 Å². The van der Waals surface area contributed by atoms with Gasteiger partial charge in [-0.15, -0.1) is 0 Å². The van der Waals surface area contributed by atoms with Gasteiger partial charge in [-0.1, -0.05) is 17.7 Å². The van der Waals surface area contributed by atoms with E-state index < -0.39 is 5.91 Å². The number of anilines is 1. The summed E-state index contributed by atoms with van der Waals surface area (Å²) in [7, 11) is 0. The van der Waals surface area contributed by atoms with E-state index in [1.54, 1.807) is 29.1 Å². The molecular weight excluding hydrogens is 356 g/mol. The maximum atomic E-state index is 12.5. The quantitative estimate of drug-likeness (QED) is 0.640. The van der Waals surface area contributed by atoms with E-state index in [0.29, 0.717) is 10.6 Å². The summed E-state index contributed by atoms with van der Waals surface area (Å²) in [6, 6.07) is 7.08. The van der Waals surface area contributed by atoms with Gasteiger partial charge < -0.3 is 10.6 Å². The van der Waals surface area contributed by atoms with Crippen molar-refractivity contribution in [2.24, 2.45) is 0 Å². The van der Waals surface area contributed by atoms with Crippen molar-refractivity contribution < 1.29 is 9.59 Å². The number of carbonyl (C=O) groups excluding carboxylic acids is 2. The van der Waals surface area contributed by atoms with E-state index in [1.807, 2.05) is 19.9 Å². The van der Waals surface area contributed by atoms with Crippen LogP contribution in [0.15, 0.2) is 42.9 Å². The van der Waals surface area contributed by atoms with E-state index in [9.17, 15) is 9.59 Å². The second-order valence-electron chi connectivity index (χ2n) is 5.89. The van der Waals surface area contributed by atoms with Gasteiger partial charge in [0.2, 0.25) is 0 Å². The van der Waals surface area contributed by atoms with Crippen LogP contribution in [0.4, 0.5) is 5.82 Å². The normalized spacial score (nSPS) is 10.8. The molecule has 1 aromatic carbocycles. The van der Waals surface area contributed by atoms with Gasteiger partial charge in [0.25, 0.3) is 11.8 Å². The fourth-order valence-electron chi connectivity index (χ4n) is 2.28. The Bertz CT molecular complexity index is 946. The lowest BCUT2D eigenvalue weighted by molar-refractivity contribution is 0.0944. The number of aromatic nitrogens is 4. The standard InChI is InChI=1S/C17H17ClN6O2/c1-10(2)21-17(26)14-8-19-23-15(14)22-16(25)11-7-20-24(9-11)13-5-3-4-12(18)6-13/h3-10H,1-2H3,(H,21,26)(H2,19,22,23,25). The van der Waals surface area contributed by atoms with Crippen LogP contribution in [-0.2, 0) is 0 Å². The number of H-pyrrole nitrogens is 1. The number of carbonyl (C=O) groups is 2. The summed E-state index contributed by atoms with van der Waals surface area (Å²) in [6.07, 6.45) is 4.37. The fourth-order valence-corrected chi connectivity index (χ4v) is 2.46. The summed E-state index contributed by atoms with van der Waals surface area (Å²) in [5, 5.41) is 16.6. The first-order chi connectivity index (χ1) is 12.4. The van der Waals surface area contributed by atoms with Gasteiger partial charge in [0.05, 0.1) is 23.6 Å². The minimum Gasteiger partial charge on any atom is -0.350 e. The van der Waals surface area contributed by atoms with E-state index in [-0.39, 0.29) is 23.3 Å². The van der Waals surface area contributed by atoms with E-state index in [2.05, 4.69) is 25.9 Å². The van der Waals surface area contributed by atoms with E-state index in [0.717, 1.165) is 5.69 Å². The fraction of sp³-hybridized carbons (Fsp3) is 0.176. The van der Waals surface area contributed by atoms with Crippen molar-refractivity contribution in [3.8, 4) is 5.69 Å². The molecule has 2 amide bonds. The van der Waals surface area contributed by atoms with Crippen molar-refractivity contribution in [2.75, 3.05) is 5.32 Å². The van der Waals surface area contributed by atoms with Crippen LogP contribution in [0.1, 0.15) is 34.6 Å². The monoisotopic (exact) mass is 372 g/mol. The molecule has 26 heavy (non-hydrogen) atoms. The average molecular weight is 373 g/mol. The largest absolute Gasteiger partial charge is 0.350 e. The highest BCUT2D eigenvalue weighted by molar-refractivity contribution is 6.30.